The molecule has 0 aliphatic carbocycles. The molecule has 4 fully saturated rings. The number of nitrogens with one attached hydrogen (secondary N) is 3. The first-order chi connectivity index (χ1) is 34.5. The first-order valence-corrected chi connectivity index (χ1v) is 28.4. The van der Waals surface area contributed by atoms with Crippen molar-refractivity contribution in [1.29, 1.82) is 0 Å². The number of anilines is 6. The monoisotopic (exact) mass is 1060 g/mol. The van der Waals surface area contributed by atoms with Crippen molar-refractivity contribution in [2.45, 2.75) is 77.7 Å². The zero-order valence-corrected chi connectivity index (χ0v) is 43.9. The van der Waals surface area contributed by atoms with E-state index in [0.717, 1.165) is 94.2 Å². The number of methoxy groups -OCH3 is 1. The van der Waals surface area contributed by atoms with E-state index in [4.69, 9.17) is 9.72 Å². The molecule has 378 valence electrons. The Morgan fingerprint density at radius 1 is 0.861 bits per heavy atom. The highest BCUT2D eigenvalue weighted by atomic mass is 79.9. The maximum Gasteiger partial charge on any atom is 0.262 e. The van der Waals surface area contributed by atoms with Crippen molar-refractivity contribution in [2.24, 2.45) is 11.3 Å². The Hall–Kier alpha value is -5.97. The van der Waals surface area contributed by atoms with Crippen LogP contribution in [-0.4, -0.2) is 121 Å². The van der Waals surface area contributed by atoms with Crippen LogP contribution >= 0.6 is 23.1 Å². The summed E-state index contributed by atoms with van der Waals surface area (Å²) in [7, 11) is -1.25. The van der Waals surface area contributed by atoms with E-state index in [9.17, 15) is 28.1 Å². The Morgan fingerprint density at radius 3 is 2.28 bits per heavy atom. The normalized spacial score (nSPS) is 19.8. The standard InChI is InChI=1S/C53H61BrFN10O6P/c1-6-33-25-42(59-52-56-29-38(54)48(61-52)58-41-10-9-40-37(47(41)72(4,5)70)27-39(55)31(2)57-40)45(71-3)28-44(33)64-23-17-53(18-24-64)15-21-62(22-16-53)30-32-13-19-63(20-14-32)34-7-8-35-36(26-34)51(69)65(50(35)68)43-11-12-46(66)60-49(43)67/h7-10,25-29,32,43H,6,11-24,30H2,1-5H3,(H,60,66,67)(H2,56,58,59,61). The summed E-state index contributed by atoms with van der Waals surface area (Å²) in [6.07, 6.45) is 9.48. The lowest BCUT2D eigenvalue weighted by molar-refractivity contribution is -0.136. The van der Waals surface area contributed by atoms with Gasteiger partial charge in [0.15, 0.2) is 0 Å². The third-order valence-electron chi connectivity index (χ3n) is 15.7. The largest absolute Gasteiger partial charge is 0.494 e. The van der Waals surface area contributed by atoms with Crippen molar-refractivity contribution >= 4 is 97.4 Å². The third-order valence-corrected chi connectivity index (χ3v) is 17.8. The smallest absolute Gasteiger partial charge is 0.262 e. The van der Waals surface area contributed by atoms with Crippen molar-refractivity contribution in [1.82, 2.24) is 30.1 Å². The maximum atomic E-state index is 14.8. The summed E-state index contributed by atoms with van der Waals surface area (Å²) in [5.74, 6) is -0.354. The lowest BCUT2D eigenvalue weighted by Gasteiger charge is -2.48. The van der Waals surface area contributed by atoms with Crippen molar-refractivity contribution in [3.05, 3.63) is 87.4 Å². The number of hydrogen-bond acceptors (Lipinski definition) is 14. The van der Waals surface area contributed by atoms with Gasteiger partial charge in [0.25, 0.3) is 11.8 Å². The summed E-state index contributed by atoms with van der Waals surface area (Å²) >= 11 is 3.58. The third kappa shape index (κ3) is 9.69. The van der Waals surface area contributed by atoms with Crippen LogP contribution in [0.3, 0.4) is 0 Å². The van der Waals surface area contributed by atoms with Crippen LogP contribution in [-0.2, 0) is 20.6 Å². The summed E-state index contributed by atoms with van der Waals surface area (Å²) < 4.78 is 35.0. The van der Waals surface area contributed by atoms with Gasteiger partial charge in [-0.3, -0.25) is 34.4 Å². The van der Waals surface area contributed by atoms with Crippen molar-refractivity contribution in [3.63, 3.8) is 0 Å². The SMILES string of the molecule is CCc1cc(Nc2ncc(Br)c(Nc3ccc4nc(C)c(F)cc4c3P(C)(C)=O)n2)c(OC)cc1N1CCC2(CCN(CC3CCN(c4ccc5c(c4)C(=O)N(C4CCC(=O)NC4=O)C5=O)CC3)CC2)CC1. The number of nitrogens with zero attached hydrogens (tertiary/aromatic N) is 7. The lowest BCUT2D eigenvalue weighted by atomic mass is 9.71. The van der Waals surface area contributed by atoms with E-state index in [1.54, 1.807) is 57.8 Å². The van der Waals surface area contributed by atoms with Crippen LogP contribution in [0.5, 0.6) is 5.75 Å². The van der Waals surface area contributed by atoms with Gasteiger partial charge in [-0.15, -0.1) is 0 Å². The van der Waals surface area contributed by atoms with E-state index in [1.807, 2.05) is 6.07 Å². The molecule has 72 heavy (non-hydrogen) atoms. The molecule has 10 rings (SSSR count). The topological polar surface area (TPSA) is 182 Å². The average Bonchev–Trinajstić information content (AvgIpc) is 3.61. The number of halogens is 2. The number of amides is 4. The van der Waals surface area contributed by atoms with Gasteiger partial charge in [-0.2, -0.15) is 4.98 Å². The molecule has 3 N–H and O–H groups in total. The molecule has 4 saturated heterocycles. The van der Waals surface area contributed by atoms with Crippen LogP contribution in [0.25, 0.3) is 10.9 Å². The number of ether oxygens (including phenoxy) is 1. The van der Waals surface area contributed by atoms with Gasteiger partial charge in [0, 0.05) is 73.5 Å². The number of carbonyl (C=O) groups is 4. The van der Waals surface area contributed by atoms with Crippen LogP contribution < -0.4 is 35.8 Å². The average molecular weight is 1060 g/mol. The molecule has 1 spiro atoms. The first-order valence-electron chi connectivity index (χ1n) is 25.0. The molecule has 5 aliphatic rings. The summed E-state index contributed by atoms with van der Waals surface area (Å²) in [5.41, 5.74) is 6.39. The number of piperidine rings is 4. The van der Waals surface area contributed by atoms with E-state index < -0.39 is 36.7 Å². The Morgan fingerprint density at radius 2 is 1.58 bits per heavy atom. The number of imide groups is 2. The van der Waals surface area contributed by atoms with Crippen LogP contribution in [0.4, 0.5) is 38.9 Å². The summed E-state index contributed by atoms with van der Waals surface area (Å²) in [6, 6.07) is 13.7. The van der Waals surface area contributed by atoms with Gasteiger partial charge in [0.1, 0.15) is 30.6 Å². The van der Waals surface area contributed by atoms with Gasteiger partial charge < -0.3 is 34.6 Å². The van der Waals surface area contributed by atoms with Gasteiger partial charge >= 0.3 is 0 Å². The number of aromatic nitrogens is 3. The van der Waals surface area contributed by atoms with Gasteiger partial charge in [0.2, 0.25) is 17.8 Å². The molecular formula is C53H61BrFN10O6P. The van der Waals surface area contributed by atoms with Crippen LogP contribution in [0.2, 0.25) is 0 Å². The molecule has 7 heterocycles. The maximum absolute atomic E-state index is 14.8. The minimum atomic E-state index is -2.92. The molecule has 0 saturated carbocycles. The van der Waals surface area contributed by atoms with Crippen LogP contribution in [0, 0.1) is 24.1 Å². The second-order valence-corrected chi connectivity index (χ2v) is 24.5. The van der Waals surface area contributed by atoms with Gasteiger partial charge in [-0.05, 0) is 160 Å². The molecule has 5 aliphatic heterocycles. The molecule has 1 unspecified atom stereocenters. The van der Waals surface area contributed by atoms with Crippen LogP contribution in [0.1, 0.15) is 90.3 Å². The molecule has 1 atom stereocenters. The second kappa shape index (κ2) is 19.8. The number of carbonyl (C=O) groups excluding carboxylic acids is 4. The number of likely N-dealkylation sites (tertiary alicyclic amines) is 1. The van der Waals surface area contributed by atoms with Crippen molar-refractivity contribution in [3.8, 4) is 5.75 Å². The number of rotatable bonds is 12. The zero-order valence-electron chi connectivity index (χ0n) is 41.4. The quantitative estimate of drug-likeness (QED) is 0.0799. The summed E-state index contributed by atoms with van der Waals surface area (Å²) in [4.78, 5) is 73.2. The number of hydrogen-bond donors (Lipinski definition) is 3. The highest BCUT2D eigenvalue weighted by molar-refractivity contribution is 9.10. The minimum absolute atomic E-state index is 0.0933. The van der Waals surface area contributed by atoms with E-state index in [0.29, 0.717) is 66.3 Å². The molecule has 4 amide bonds. The minimum Gasteiger partial charge on any atom is -0.494 e. The Labute approximate surface area is 427 Å². The highest BCUT2D eigenvalue weighted by Gasteiger charge is 2.45. The summed E-state index contributed by atoms with van der Waals surface area (Å²) in [5, 5.41) is 9.99. The number of aryl methyl sites for hydroxylation is 2. The molecular weight excluding hydrogens is 1000 g/mol. The Bertz CT molecular complexity index is 3050. The lowest BCUT2D eigenvalue weighted by Crippen LogP contribution is -2.54. The van der Waals surface area contributed by atoms with Gasteiger partial charge in [-0.1, -0.05) is 6.92 Å². The number of pyridine rings is 1. The summed E-state index contributed by atoms with van der Waals surface area (Å²) in [6.45, 7) is 14.1. The Balaban J connectivity index is 0.731. The van der Waals surface area contributed by atoms with Gasteiger partial charge in [0.05, 0.1) is 45.3 Å². The first kappa shape index (κ1) is 49.6. The highest BCUT2D eigenvalue weighted by Crippen LogP contribution is 2.46. The number of benzene rings is 3. The second-order valence-electron chi connectivity index (χ2n) is 20.5. The molecule has 0 radical (unpaired) electrons. The van der Waals surface area contributed by atoms with Crippen molar-refractivity contribution < 1.29 is 32.9 Å². The molecule has 0 bridgehead atoms. The fourth-order valence-electron chi connectivity index (χ4n) is 11.5. The van der Waals surface area contributed by atoms with E-state index in [2.05, 4.69) is 75.6 Å². The zero-order chi connectivity index (χ0) is 50.6. The molecule has 19 heteroatoms. The van der Waals surface area contributed by atoms with Crippen molar-refractivity contribution in [2.75, 3.05) is 86.7 Å². The van der Waals surface area contributed by atoms with E-state index in [-0.39, 0.29) is 24.4 Å². The molecule has 2 aromatic heterocycles. The fourth-order valence-corrected chi connectivity index (χ4v) is 13.3. The van der Waals surface area contributed by atoms with Gasteiger partial charge in [-0.25, -0.2) is 9.37 Å². The molecule has 3 aromatic carbocycles. The fraction of sp³-hybridized carbons (Fsp3) is 0.453. The molecule has 16 nitrogen and oxygen atoms in total. The Kier molecular flexibility index (Phi) is 13.6. The molecule has 5 aromatic rings. The van der Waals surface area contributed by atoms with Crippen LogP contribution in [0.15, 0.2) is 59.2 Å². The van der Waals surface area contributed by atoms with E-state index >= 15 is 0 Å². The van der Waals surface area contributed by atoms with E-state index in [1.165, 1.54) is 30.2 Å². The predicted octanol–water partition coefficient (Wildman–Crippen LogP) is 8.54. The predicted molar refractivity (Wildman–Crippen MR) is 282 cm³/mol. The number of fused-ring (bicyclic) bond motifs is 2.